The number of nitrogens with two attached hydrogens (primary N) is 1. The molecule has 26 heavy (non-hydrogen) atoms. The molecule has 1 aliphatic heterocycles. The summed E-state index contributed by atoms with van der Waals surface area (Å²) in [6.07, 6.45) is 8.83. The molecule has 1 saturated carbocycles. The number of rotatable bonds is 6. The Bertz CT molecular complexity index is 613. The Morgan fingerprint density at radius 2 is 2.12 bits per heavy atom. The molecule has 2 atom stereocenters. The topological polar surface area (TPSA) is 88.3 Å². The van der Waals surface area contributed by atoms with Gasteiger partial charge in [0, 0.05) is 37.0 Å². The van der Waals surface area contributed by atoms with E-state index in [1.165, 1.54) is 17.8 Å². The van der Waals surface area contributed by atoms with E-state index in [1.54, 1.807) is 6.20 Å². The molecule has 144 valence electrons. The summed E-state index contributed by atoms with van der Waals surface area (Å²) in [5, 5.41) is 5.36. The molecular weight excluding hydrogens is 348 g/mol. The maximum atomic E-state index is 13.0. The van der Waals surface area contributed by atoms with E-state index in [1.807, 2.05) is 10.3 Å². The first-order valence-corrected chi connectivity index (χ1v) is 10.6. The van der Waals surface area contributed by atoms with Gasteiger partial charge in [-0.15, -0.1) is 11.3 Å². The number of carbonyl (C=O) groups is 2. The zero-order valence-electron chi connectivity index (χ0n) is 15.6. The van der Waals surface area contributed by atoms with Crippen molar-refractivity contribution in [1.82, 2.24) is 9.88 Å². The van der Waals surface area contributed by atoms with Crippen LogP contribution in [0.5, 0.6) is 0 Å². The second-order valence-corrected chi connectivity index (χ2v) is 8.93. The van der Waals surface area contributed by atoms with Gasteiger partial charge in [-0.2, -0.15) is 0 Å². The molecule has 0 aromatic carbocycles. The summed E-state index contributed by atoms with van der Waals surface area (Å²) in [5.74, 6) is 0.575. The number of nitrogens with one attached hydrogen (secondary N) is 1. The first-order valence-electron chi connectivity index (χ1n) is 9.70. The highest BCUT2D eigenvalue weighted by molar-refractivity contribution is 7.13. The standard InChI is InChI=1S/C19H30N4O2S/c1-14-9-15(12-20)13-23(14)17(25)11-19(5-3-2-4-6-19)10-16(24)22-18-21-7-8-26-18/h7-8,14-15H,2-6,9-13,20H2,1H3,(H,21,22,24). The van der Waals surface area contributed by atoms with Crippen LogP contribution in [0.3, 0.4) is 0 Å². The highest BCUT2D eigenvalue weighted by atomic mass is 32.1. The third-order valence-electron chi connectivity index (χ3n) is 5.97. The third kappa shape index (κ3) is 4.62. The molecule has 0 spiro atoms. The molecule has 2 unspecified atom stereocenters. The molecule has 0 bridgehead atoms. The molecule has 1 aromatic rings. The van der Waals surface area contributed by atoms with Gasteiger partial charge in [-0.1, -0.05) is 19.3 Å². The predicted octanol–water partition coefficient (Wildman–Crippen LogP) is 3.01. The number of anilines is 1. The summed E-state index contributed by atoms with van der Waals surface area (Å²) >= 11 is 1.42. The van der Waals surface area contributed by atoms with Crippen LogP contribution < -0.4 is 11.1 Å². The van der Waals surface area contributed by atoms with Gasteiger partial charge in [0.05, 0.1) is 0 Å². The average Bonchev–Trinajstić information content (AvgIpc) is 3.24. The van der Waals surface area contributed by atoms with E-state index < -0.39 is 0 Å². The van der Waals surface area contributed by atoms with Crippen molar-refractivity contribution in [3.8, 4) is 0 Å². The van der Waals surface area contributed by atoms with Crippen LogP contribution in [0, 0.1) is 11.3 Å². The number of likely N-dealkylation sites (tertiary alicyclic amines) is 1. The monoisotopic (exact) mass is 378 g/mol. The van der Waals surface area contributed by atoms with Crippen molar-refractivity contribution in [1.29, 1.82) is 0 Å². The molecule has 1 saturated heterocycles. The minimum atomic E-state index is -0.211. The number of thiazole rings is 1. The molecular formula is C19H30N4O2S. The molecule has 2 amide bonds. The van der Waals surface area contributed by atoms with Crippen molar-refractivity contribution in [2.24, 2.45) is 17.1 Å². The summed E-state index contributed by atoms with van der Waals surface area (Å²) in [6.45, 7) is 3.50. The lowest BCUT2D eigenvalue weighted by Gasteiger charge is -2.38. The fourth-order valence-corrected chi connectivity index (χ4v) is 5.14. The van der Waals surface area contributed by atoms with Gasteiger partial charge in [-0.05, 0) is 44.1 Å². The van der Waals surface area contributed by atoms with E-state index in [0.717, 1.165) is 38.6 Å². The van der Waals surface area contributed by atoms with Gasteiger partial charge < -0.3 is 16.0 Å². The molecule has 3 N–H and O–H groups in total. The fraction of sp³-hybridized carbons (Fsp3) is 0.737. The summed E-state index contributed by atoms with van der Waals surface area (Å²) in [6, 6.07) is 0.251. The van der Waals surface area contributed by atoms with Crippen LogP contribution in [0.2, 0.25) is 0 Å². The number of hydrogen-bond donors (Lipinski definition) is 2. The Morgan fingerprint density at radius 3 is 2.73 bits per heavy atom. The van der Waals surface area contributed by atoms with Gasteiger partial charge in [0.1, 0.15) is 0 Å². The molecule has 1 aromatic heterocycles. The Hall–Kier alpha value is -1.47. The smallest absolute Gasteiger partial charge is 0.226 e. The van der Waals surface area contributed by atoms with Gasteiger partial charge in [0.25, 0.3) is 0 Å². The lowest BCUT2D eigenvalue weighted by atomic mass is 9.69. The Kier molecular flexibility index (Phi) is 6.29. The van der Waals surface area contributed by atoms with Crippen molar-refractivity contribution < 1.29 is 9.59 Å². The van der Waals surface area contributed by atoms with Crippen LogP contribution in [0.1, 0.15) is 58.3 Å². The zero-order valence-corrected chi connectivity index (χ0v) is 16.4. The second-order valence-electron chi connectivity index (χ2n) is 8.03. The summed E-state index contributed by atoms with van der Waals surface area (Å²) < 4.78 is 0. The molecule has 0 radical (unpaired) electrons. The van der Waals surface area contributed by atoms with E-state index in [2.05, 4.69) is 17.2 Å². The van der Waals surface area contributed by atoms with Crippen molar-refractivity contribution in [2.45, 2.75) is 64.3 Å². The van der Waals surface area contributed by atoms with Crippen molar-refractivity contribution in [3.05, 3.63) is 11.6 Å². The van der Waals surface area contributed by atoms with E-state index in [0.29, 0.717) is 30.4 Å². The first kappa shape index (κ1) is 19.3. The van der Waals surface area contributed by atoms with Crippen molar-refractivity contribution >= 4 is 28.3 Å². The molecule has 3 rings (SSSR count). The first-order chi connectivity index (χ1) is 12.5. The van der Waals surface area contributed by atoms with Gasteiger partial charge in [-0.25, -0.2) is 4.98 Å². The maximum Gasteiger partial charge on any atom is 0.226 e. The minimum Gasteiger partial charge on any atom is -0.340 e. The minimum absolute atomic E-state index is 0.0241. The number of hydrogen-bond acceptors (Lipinski definition) is 5. The number of aromatic nitrogens is 1. The molecule has 2 heterocycles. The third-order valence-corrected chi connectivity index (χ3v) is 6.66. The van der Waals surface area contributed by atoms with Gasteiger partial charge >= 0.3 is 0 Å². The summed E-state index contributed by atoms with van der Waals surface area (Å²) in [5.41, 5.74) is 5.59. The van der Waals surface area contributed by atoms with Gasteiger partial charge in [-0.3, -0.25) is 9.59 Å². The lowest BCUT2D eigenvalue weighted by Crippen LogP contribution is -2.40. The molecule has 2 aliphatic rings. The summed E-state index contributed by atoms with van der Waals surface area (Å²) in [7, 11) is 0. The van der Waals surface area contributed by atoms with Crippen LogP contribution in [0.15, 0.2) is 11.6 Å². The van der Waals surface area contributed by atoms with E-state index >= 15 is 0 Å². The Labute approximate surface area is 159 Å². The number of carbonyl (C=O) groups excluding carboxylic acids is 2. The van der Waals surface area contributed by atoms with Gasteiger partial charge in [0.2, 0.25) is 11.8 Å². The van der Waals surface area contributed by atoms with Crippen LogP contribution in [-0.4, -0.2) is 40.8 Å². The van der Waals surface area contributed by atoms with E-state index in [4.69, 9.17) is 5.73 Å². The molecule has 6 nitrogen and oxygen atoms in total. The average molecular weight is 379 g/mol. The molecule has 7 heteroatoms. The lowest BCUT2D eigenvalue weighted by molar-refractivity contribution is -0.135. The largest absolute Gasteiger partial charge is 0.340 e. The van der Waals surface area contributed by atoms with Crippen molar-refractivity contribution in [2.75, 3.05) is 18.4 Å². The van der Waals surface area contributed by atoms with Crippen LogP contribution in [0.4, 0.5) is 5.13 Å². The highest BCUT2D eigenvalue weighted by Gasteiger charge is 2.40. The Morgan fingerprint density at radius 1 is 1.35 bits per heavy atom. The maximum absolute atomic E-state index is 13.0. The van der Waals surface area contributed by atoms with E-state index in [9.17, 15) is 9.59 Å². The predicted molar refractivity (Wildman–Crippen MR) is 104 cm³/mol. The van der Waals surface area contributed by atoms with E-state index in [-0.39, 0.29) is 23.3 Å². The van der Waals surface area contributed by atoms with Crippen LogP contribution in [-0.2, 0) is 9.59 Å². The second kappa shape index (κ2) is 8.48. The molecule has 1 aliphatic carbocycles. The SMILES string of the molecule is CC1CC(CN)CN1C(=O)CC1(CC(=O)Nc2nccs2)CCCCC1. The van der Waals surface area contributed by atoms with Crippen LogP contribution in [0.25, 0.3) is 0 Å². The van der Waals surface area contributed by atoms with Crippen molar-refractivity contribution in [3.63, 3.8) is 0 Å². The summed E-state index contributed by atoms with van der Waals surface area (Å²) in [4.78, 5) is 31.7. The number of amides is 2. The highest BCUT2D eigenvalue weighted by Crippen LogP contribution is 2.43. The zero-order chi connectivity index (χ0) is 18.6. The molecule has 2 fully saturated rings. The fourth-order valence-electron chi connectivity index (χ4n) is 4.59. The van der Waals surface area contributed by atoms with Crippen LogP contribution >= 0.6 is 11.3 Å². The normalized spacial score (nSPS) is 25.2. The quantitative estimate of drug-likeness (QED) is 0.796. The Balaban J connectivity index is 1.65. The van der Waals surface area contributed by atoms with Gasteiger partial charge in [0.15, 0.2) is 5.13 Å². The number of nitrogens with zero attached hydrogens (tertiary/aromatic N) is 2.